The Bertz CT molecular complexity index is 456. The van der Waals surface area contributed by atoms with Crippen LogP contribution in [0.3, 0.4) is 0 Å². The average molecular weight is 525 g/mol. The van der Waals surface area contributed by atoms with Gasteiger partial charge in [0.15, 0.2) is 5.96 Å². The smallest absolute Gasteiger partial charge is 0.191 e. The van der Waals surface area contributed by atoms with Gasteiger partial charge in [0, 0.05) is 51.6 Å². The maximum absolute atomic E-state index is 5.86. The lowest BCUT2D eigenvalue weighted by Crippen LogP contribution is -2.51. The molecule has 2 rings (SSSR count). The van der Waals surface area contributed by atoms with E-state index in [0.717, 1.165) is 77.2 Å². The molecule has 2 N–H and O–H groups in total. The van der Waals surface area contributed by atoms with Crippen LogP contribution in [0.15, 0.2) is 4.99 Å². The minimum atomic E-state index is 0. The molecule has 29 heavy (non-hydrogen) atoms. The zero-order valence-corrected chi connectivity index (χ0v) is 21.5. The van der Waals surface area contributed by atoms with Crippen molar-refractivity contribution in [3.63, 3.8) is 0 Å². The highest BCUT2D eigenvalue weighted by Gasteiger charge is 2.30. The monoisotopic (exact) mass is 524 g/mol. The van der Waals surface area contributed by atoms with Gasteiger partial charge in [-0.1, -0.05) is 6.92 Å². The first-order chi connectivity index (χ1) is 13.5. The van der Waals surface area contributed by atoms with Crippen LogP contribution in [0.5, 0.6) is 0 Å². The van der Waals surface area contributed by atoms with Crippen molar-refractivity contribution in [1.82, 2.24) is 15.5 Å². The molecule has 0 saturated carbocycles. The fourth-order valence-electron chi connectivity index (χ4n) is 4.00. The van der Waals surface area contributed by atoms with Crippen LogP contribution < -0.4 is 10.6 Å². The first kappa shape index (κ1) is 26.9. The number of likely N-dealkylation sites (tertiary alicyclic amines) is 1. The van der Waals surface area contributed by atoms with Crippen molar-refractivity contribution < 1.29 is 9.47 Å². The molecule has 0 aromatic rings. The molecule has 172 valence electrons. The number of rotatable bonds is 10. The van der Waals surface area contributed by atoms with Gasteiger partial charge < -0.3 is 20.1 Å². The summed E-state index contributed by atoms with van der Waals surface area (Å²) < 4.78 is 11.3. The van der Waals surface area contributed by atoms with Gasteiger partial charge in [0.2, 0.25) is 0 Å². The lowest BCUT2D eigenvalue weighted by molar-refractivity contribution is 0.0203. The Morgan fingerprint density at radius 2 is 1.97 bits per heavy atom. The number of aliphatic imine (C=N–C) groups is 1. The van der Waals surface area contributed by atoms with Gasteiger partial charge >= 0.3 is 0 Å². The predicted molar refractivity (Wildman–Crippen MR) is 132 cm³/mol. The number of hydrogen-bond acceptors (Lipinski definition) is 4. The molecule has 1 atom stereocenters. The van der Waals surface area contributed by atoms with E-state index in [2.05, 4.69) is 43.2 Å². The van der Waals surface area contributed by atoms with E-state index in [9.17, 15) is 0 Å². The minimum absolute atomic E-state index is 0. The van der Waals surface area contributed by atoms with Gasteiger partial charge in [0.25, 0.3) is 0 Å². The first-order valence-electron chi connectivity index (χ1n) is 11.4. The Hall–Kier alpha value is -0.120. The second-order valence-electron chi connectivity index (χ2n) is 9.11. The van der Waals surface area contributed by atoms with Crippen molar-refractivity contribution in [2.24, 2.45) is 16.8 Å². The molecule has 0 spiro atoms. The van der Waals surface area contributed by atoms with Gasteiger partial charge in [-0.05, 0) is 71.3 Å². The number of halogens is 1. The van der Waals surface area contributed by atoms with Crippen molar-refractivity contribution in [3.05, 3.63) is 0 Å². The zero-order chi connectivity index (χ0) is 20.2. The van der Waals surface area contributed by atoms with Crippen LogP contribution in [0, 0.1) is 11.8 Å². The van der Waals surface area contributed by atoms with E-state index in [0.29, 0.717) is 5.92 Å². The molecule has 6 nitrogen and oxygen atoms in total. The van der Waals surface area contributed by atoms with E-state index in [4.69, 9.17) is 14.5 Å². The standard InChI is InChI=1S/C22H44N4O2.HI/c1-5-23-21(24-11-7-13-28-17-20-9-14-27-15-10-20)25-18-22(3,4)26-12-6-8-19(2)16-26;/h19-20H,5-18H2,1-4H3,(H2,23,24,25);1H. The summed E-state index contributed by atoms with van der Waals surface area (Å²) in [7, 11) is 0. The molecule has 0 radical (unpaired) electrons. The molecule has 0 amide bonds. The van der Waals surface area contributed by atoms with Gasteiger partial charge in [-0.15, -0.1) is 24.0 Å². The van der Waals surface area contributed by atoms with Crippen LogP contribution >= 0.6 is 24.0 Å². The number of nitrogens with one attached hydrogen (secondary N) is 2. The van der Waals surface area contributed by atoms with E-state index < -0.39 is 0 Å². The summed E-state index contributed by atoms with van der Waals surface area (Å²) in [6, 6.07) is 0. The van der Waals surface area contributed by atoms with Crippen LogP contribution in [0.2, 0.25) is 0 Å². The minimum Gasteiger partial charge on any atom is -0.381 e. The van der Waals surface area contributed by atoms with Gasteiger partial charge in [-0.25, -0.2) is 0 Å². The Balaban J connectivity index is 0.00000420. The maximum Gasteiger partial charge on any atom is 0.191 e. The summed E-state index contributed by atoms with van der Waals surface area (Å²) in [6.07, 6.45) is 5.94. The van der Waals surface area contributed by atoms with Gasteiger partial charge in [-0.2, -0.15) is 0 Å². The van der Waals surface area contributed by atoms with E-state index in [-0.39, 0.29) is 29.5 Å². The second-order valence-corrected chi connectivity index (χ2v) is 9.11. The first-order valence-corrected chi connectivity index (χ1v) is 11.4. The third-order valence-electron chi connectivity index (χ3n) is 5.93. The Kier molecular flexibility index (Phi) is 13.7. The third-order valence-corrected chi connectivity index (χ3v) is 5.93. The van der Waals surface area contributed by atoms with Crippen molar-refractivity contribution >= 4 is 29.9 Å². The lowest BCUT2D eigenvalue weighted by atomic mass is 9.94. The molecule has 1 unspecified atom stereocenters. The third kappa shape index (κ3) is 10.6. The summed E-state index contributed by atoms with van der Waals surface area (Å²) >= 11 is 0. The van der Waals surface area contributed by atoms with Gasteiger partial charge in [-0.3, -0.25) is 9.89 Å². The fourth-order valence-corrected chi connectivity index (χ4v) is 4.00. The van der Waals surface area contributed by atoms with E-state index in [1.807, 2.05) is 0 Å². The van der Waals surface area contributed by atoms with Crippen molar-refractivity contribution in [3.8, 4) is 0 Å². The topological polar surface area (TPSA) is 58.1 Å². The molecular weight excluding hydrogens is 479 g/mol. The van der Waals surface area contributed by atoms with Crippen LogP contribution in [-0.4, -0.2) is 75.5 Å². The highest BCUT2D eigenvalue weighted by atomic mass is 127. The molecule has 0 aromatic carbocycles. The molecular formula is C22H45IN4O2. The van der Waals surface area contributed by atoms with E-state index in [1.165, 1.54) is 25.9 Å². The van der Waals surface area contributed by atoms with Crippen molar-refractivity contribution in [2.45, 2.75) is 65.3 Å². The van der Waals surface area contributed by atoms with E-state index >= 15 is 0 Å². The summed E-state index contributed by atoms with van der Waals surface area (Å²) in [5, 5.41) is 6.84. The van der Waals surface area contributed by atoms with Crippen LogP contribution in [-0.2, 0) is 9.47 Å². The molecule has 0 aliphatic carbocycles. The summed E-state index contributed by atoms with van der Waals surface area (Å²) in [4.78, 5) is 7.48. The van der Waals surface area contributed by atoms with Crippen molar-refractivity contribution in [2.75, 3.05) is 59.2 Å². The highest BCUT2D eigenvalue weighted by molar-refractivity contribution is 14.0. The largest absolute Gasteiger partial charge is 0.381 e. The molecule has 2 aliphatic heterocycles. The zero-order valence-electron chi connectivity index (χ0n) is 19.2. The van der Waals surface area contributed by atoms with Gasteiger partial charge in [0.05, 0.1) is 6.54 Å². The Morgan fingerprint density at radius 3 is 2.66 bits per heavy atom. The SMILES string of the molecule is CCNC(=NCC(C)(C)N1CCCC(C)C1)NCCCOCC1CCOCC1.I. The number of guanidine groups is 1. The summed E-state index contributed by atoms with van der Waals surface area (Å²) in [5.74, 6) is 2.40. The molecule has 2 aliphatic rings. The van der Waals surface area contributed by atoms with Crippen LogP contribution in [0.25, 0.3) is 0 Å². The van der Waals surface area contributed by atoms with Crippen molar-refractivity contribution in [1.29, 1.82) is 0 Å². The number of piperidine rings is 1. The summed E-state index contributed by atoms with van der Waals surface area (Å²) in [5.41, 5.74) is 0.101. The Morgan fingerprint density at radius 1 is 1.21 bits per heavy atom. The average Bonchev–Trinajstić information content (AvgIpc) is 2.69. The highest BCUT2D eigenvalue weighted by Crippen LogP contribution is 2.24. The summed E-state index contributed by atoms with van der Waals surface area (Å²) in [6.45, 7) is 17.6. The normalized spacial score (nSPS) is 22.2. The molecule has 2 saturated heterocycles. The van der Waals surface area contributed by atoms with Gasteiger partial charge in [0.1, 0.15) is 0 Å². The maximum atomic E-state index is 5.86. The van der Waals surface area contributed by atoms with Crippen LogP contribution in [0.1, 0.15) is 59.8 Å². The lowest BCUT2D eigenvalue weighted by Gasteiger charge is -2.42. The molecule has 2 heterocycles. The predicted octanol–water partition coefficient (Wildman–Crippen LogP) is 3.50. The molecule has 7 heteroatoms. The fraction of sp³-hybridized carbons (Fsp3) is 0.955. The number of nitrogens with zero attached hydrogens (tertiary/aromatic N) is 2. The number of hydrogen-bond donors (Lipinski definition) is 2. The molecule has 0 bridgehead atoms. The molecule has 0 aromatic heterocycles. The van der Waals surface area contributed by atoms with Crippen LogP contribution in [0.4, 0.5) is 0 Å². The Labute approximate surface area is 196 Å². The number of ether oxygens (including phenoxy) is 2. The quantitative estimate of drug-likeness (QED) is 0.198. The van der Waals surface area contributed by atoms with E-state index in [1.54, 1.807) is 0 Å². The molecule has 2 fully saturated rings. The second kappa shape index (κ2) is 14.8.